The standard InChI is InChI=1S/C29H27ClFN3OS/c1-16-12-21(31)25-22(13-16)36-28(32-25)34-10-8-29(9-11-34)14-19(15-29)24-26(33-35-27(24)18-6-7-18)23-17(2)4-3-5-20(23)30/h3-5,12-14,18H,6-11,15H2,1-2H3. The second kappa shape index (κ2) is 8.15. The molecule has 1 aliphatic heterocycles. The molecule has 4 nitrogen and oxygen atoms in total. The lowest BCUT2D eigenvalue weighted by molar-refractivity contribution is 0.277. The summed E-state index contributed by atoms with van der Waals surface area (Å²) in [5, 5.41) is 6.20. The third kappa shape index (κ3) is 3.60. The van der Waals surface area contributed by atoms with Crippen molar-refractivity contribution in [3.05, 3.63) is 69.7 Å². The molecule has 4 aromatic rings. The lowest BCUT2D eigenvalue weighted by Crippen LogP contribution is -2.42. The zero-order valence-electron chi connectivity index (χ0n) is 20.4. The highest BCUT2D eigenvalue weighted by atomic mass is 35.5. The summed E-state index contributed by atoms with van der Waals surface area (Å²) in [6.45, 7) is 5.87. The van der Waals surface area contributed by atoms with Crippen molar-refractivity contribution in [3.63, 3.8) is 0 Å². The second-order valence-corrected chi connectivity index (χ2v) is 12.2. The van der Waals surface area contributed by atoms with E-state index in [9.17, 15) is 4.39 Å². The number of aromatic nitrogens is 2. The van der Waals surface area contributed by atoms with E-state index in [-0.39, 0.29) is 11.2 Å². The summed E-state index contributed by atoms with van der Waals surface area (Å²) < 4.78 is 21.3. The minimum absolute atomic E-state index is 0.204. The molecule has 0 bridgehead atoms. The number of anilines is 1. The van der Waals surface area contributed by atoms with E-state index in [0.29, 0.717) is 11.4 Å². The first-order valence-electron chi connectivity index (χ1n) is 12.7. The molecule has 0 N–H and O–H groups in total. The molecule has 0 radical (unpaired) electrons. The highest BCUT2D eigenvalue weighted by Crippen LogP contribution is 2.56. The Balaban J connectivity index is 1.16. The Labute approximate surface area is 218 Å². The third-order valence-electron chi connectivity index (χ3n) is 8.08. The SMILES string of the molecule is Cc1cc(F)c2nc(N3CCC4(C=C(c5c(-c6c(C)cccc6Cl)noc5C5CC5)C4)CC3)sc2c1. The van der Waals surface area contributed by atoms with Gasteiger partial charge in [0.2, 0.25) is 0 Å². The monoisotopic (exact) mass is 519 g/mol. The maximum Gasteiger partial charge on any atom is 0.186 e. The molecule has 3 heterocycles. The van der Waals surface area contributed by atoms with Crippen molar-refractivity contribution < 1.29 is 8.91 Å². The Morgan fingerprint density at radius 3 is 2.64 bits per heavy atom. The third-order valence-corrected chi connectivity index (χ3v) is 9.46. The predicted octanol–water partition coefficient (Wildman–Crippen LogP) is 8.31. The summed E-state index contributed by atoms with van der Waals surface area (Å²) in [4.78, 5) is 6.97. The zero-order valence-corrected chi connectivity index (χ0v) is 22.0. The van der Waals surface area contributed by atoms with E-state index in [0.717, 1.165) is 75.4 Å². The summed E-state index contributed by atoms with van der Waals surface area (Å²) in [6.07, 6.45) is 7.97. The highest BCUT2D eigenvalue weighted by Gasteiger charge is 2.44. The number of hydrogen-bond donors (Lipinski definition) is 0. The van der Waals surface area contributed by atoms with Gasteiger partial charge in [0, 0.05) is 30.1 Å². The van der Waals surface area contributed by atoms with E-state index in [2.05, 4.69) is 34.1 Å². The van der Waals surface area contributed by atoms with Crippen molar-refractivity contribution in [2.24, 2.45) is 5.41 Å². The molecule has 36 heavy (non-hydrogen) atoms. The number of hydrogen-bond acceptors (Lipinski definition) is 5. The van der Waals surface area contributed by atoms with Crippen molar-refractivity contribution in [3.8, 4) is 11.3 Å². The number of rotatable bonds is 4. The molecule has 2 aromatic heterocycles. The summed E-state index contributed by atoms with van der Waals surface area (Å²) in [5.41, 5.74) is 7.15. The molecule has 0 unspecified atom stereocenters. The van der Waals surface area contributed by atoms with Crippen LogP contribution in [0.25, 0.3) is 27.0 Å². The first-order chi connectivity index (χ1) is 17.4. The van der Waals surface area contributed by atoms with Gasteiger partial charge in [0.05, 0.1) is 9.72 Å². The molecule has 7 rings (SSSR count). The van der Waals surface area contributed by atoms with Crippen molar-refractivity contribution in [1.82, 2.24) is 10.1 Å². The minimum atomic E-state index is -0.225. The number of aryl methyl sites for hydroxylation is 2. The van der Waals surface area contributed by atoms with Crippen LogP contribution in [0.5, 0.6) is 0 Å². The van der Waals surface area contributed by atoms with Gasteiger partial charge in [-0.25, -0.2) is 9.37 Å². The Morgan fingerprint density at radius 1 is 1.14 bits per heavy atom. The fourth-order valence-corrected chi connectivity index (χ4v) is 7.37. The Hall–Kier alpha value is -2.70. The topological polar surface area (TPSA) is 42.2 Å². The first-order valence-corrected chi connectivity index (χ1v) is 13.9. The maximum absolute atomic E-state index is 14.4. The number of benzene rings is 2. The molecule has 1 spiro atoms. The first kappa shape index (κ1) is 22.5. The molecule has 2 fully saturated rings. The van der Waals surface area contributed by atoms with E-state index >= 15 is 0 Å². The lowest BCUT2D eigenvalue weighted by atomic mass is 9.63. The van der Waals surface area contributed by atoms with Crippen molar-refractivity contribution in [1.29, 1.82) is 0 Å². The van der Waals surface area contributed by atoms with Crippen LogP contribution in [-0.4, -0.2) is 23.2 Å². The average Bonchev–Trinajstić information content (AvgIpc) is 3.44. The fourth-order valence-electron chi connectivity index (χ4n) is 5.93. The number of halogens is 2. The van der Waals surface area contributed by atoms with Gasteiger partial charge >= 0.3 is 0 Å². The number of thiazole rings is 1. The van der Waals surface area contributed by atoms with Crippen LogP contribution >= 0.6 is 22.9 Å². The van der Waals surface area contributed by atoms with Crippen molar-refractivity contribution in [2.45, 2.75) is 51.9 Å². The van der Waals surface area contributed by atoms with E-state index < -0.39 is 0 Å². The molecule has 184 valence electrons. The van der Waals surface area contributed by atoms with Gasteiger partial charge in [-0.05, 0) is 86.3 Å². The summed E-state index contributed by atoms with van der Waals surface area (Å²) in [6, 6.07) is 9.59. The van der Waals surface area contributed by atoms with Gasteiger partial charge < -0.3 is 9.42 Å². The van der Waals surface area contributed by atoms with Crippen LogP contribution in [0.15, 0.2) is 40.9 Å². The molecular weight excluding hydrogens is 493 g/mol. The highest BCUT2D eigenvalue weighted by molar-refractivity contribution is 7.22. The Bertz CT molecular complexity index is 1520. The van der Waals surface area contributed by atoms with Crippen LogP contribution in [-0.2, 0) is 0 Å². The molecule has 3 aliphatic rings. The molecule has 2 aliphatic carbocycles. The smallest absolute Gasteiger partial charge is 0.186 e. The fraction of sp³-hybridized carbons (Fsp3) is 0.379. The van der Waals surface area contributed by atoms with E-state index in [4.69, 9.17) is 16.1 Å². The summed E-state index contributed by atoms with van der Waals surface area (Å²) in [5.74, 6) is 1.29. The molecule has 0 amide bonds. The van der Waals surface area contributed by atoms with Gasteiger partial charge in [0.25, 0.3) is 0 Å². The van der Waals surface area contributed by atoms with Crippen LogP contribution < -0.4 is 4.90 Å². The number of nitrogens with zero attached hydrogens (tertiary/aromatic N) is 3. The minimum Gasteiger partial charge on any atom is -0.360 e. The molecule has 2 aromatic carbocycles. The Kier molecular flexibility index (Phi) is 5.09. The van der Waals surface area contributed by atoms with E-state index in [1.54, 1.807) is 17.4 Å². The molecule has 1 saturated carbocycles. The van der Waals surface area contributed by atoms with Gasteiger partial charge in [-0.3, -0.25) is 0 Å². The zero-order chi connectivity index (χ0) is 24.6. The van der Waals surface area contributed by atoms with Crippen LogP contribution in [0.4, 0.5) is 9.52 Å². The van der Waals surface area contributed by atoms with E-state index in [1.165, 1.54) is 24.0 Å². The van der Waals surface area contributed by atoms with Gasteiger partial charge in [0.1, 0.15) is 17.0 Å². The normalized spacial score (nSPS) is 19.1. The molecule has 0 atom stereocenters. The number of piperidine rings is 1. The van der Waals surface area contributed by atoms with Crippen molar-refractivity contribution in [2.75, 3.05) is 18.0 Å². The lowest BCUT2D eigenvalue weighted by Gasteiger charge is -2.46. The number of fused-ring (bicyclic) bond motifs is 1. The van der Waals surface area contributed by atoms with Gasteiger partial charge in [-0.2, -0.15) is 0 Å². The van der Waals surface area contributed by atoms with Crippen LogP contribution in [0.2, 0.25) is 5.02 Å². The number of allylic oxidation sites excluding steroid dienone is 2. The predicted molar refractivity (Wildman–Crippen MR) is 144 cm³/mol. The quantitative estimate of drug-likeness (QED) is 0.272. The maximum atomic E-state index is 14.4. The molecule has 7 heteroatoms. The summed E-state index contributed by atoms with van der Waals surface area (Å²) in [7, 11) is 0. The van der Waals surface area contributed by atoms with Crippen molar-refractivity contribution >= 4 is 43.9 Å². The molecule has 1 saturated heterocycles. The van der Waals surface area contributed by atoms with Gasteiger partial charge in [-0.1, -0.05) is 46.3 Å². The van der Waals surface area contributed by atoms with E-state index in [1.807, 2.05) is 25.1 Å². The average molecular weight is 520 g/mol. The Morgan fingerprint density at radius 2 is 1.92 bits per heavy atom. The van der Waals surface area contributed by atoms with Crippen LogP contribution in [0, 0.1) is 25.1 Å². The largest absolute Gasteiger partial charge is 0.360 e. The molecular formula is C29H27ClFN3OS. The van der Waals surface area contributed by atoms with Gasteiger partial charge in [-0.15, -0.1) is 0 Å². The van der Waals surface area contributed by atoms with Gasteiger partial charge in [0.15, 0.2) is 10.9 Å². The van der Waals surface area contributed by atoms with Crippen LogP contribution in [0.1, 0.15) is 60.5 Å². The van der Waals surface area contributed by atoms with Crippen LogP contribution in [0.3, 0.4) is 0 Å². The second-order valence-electron chi connectivity index (χ2n) is 10.8. The summed E-state index contributed by atoms with van der Waals surface area (Å²) >= 11 is 8.23.